The van der Waals surface area contributed by atoms with Crippen LogP contribution in [0.5, 0.6) is 11.5 Å². The van der Waals surface area contributed by atoms with E-state index in [1.165, 1.54) is 18.1 Å². The number of carbonyl (C=O) groups excluding carboxylic acids is 2. The molecule has 0 atom stereocenters. The van der Waals surface area contributed by atoms with Crippen molar-refractivity contribution in [3.8, 4) is 11.5 Å². The van der Waals surface area contributed by atoms with E-state index < -0.39 is 11.8 Å². The van der Waals surface area contributed by atoms with Crippen molar-refractivity contribution in [2.45, 2.75) is 0 Å². The van der Waals surface area contributed by atoms with Crippen LogP contribution < -0.4 is 19.7 Å². The predicted molar refractivity (Wildman–Crippen MR) is 116 cm³/mol. The summed E-state index contributed by atoms with van der Waals surface area (Å²) in [5, 5.41) is 3.07. The Morgan fingerprint density at radius 1 is 1.17 bits per heavy atom. The smallest absolute Gasteiger partial charge is 0.270 e. The molecule has 1 aliphatic rings. The van der Waals surface area contributed by atoms with Crippen molar-refractivity contribution in [1.82, 2.24) is 5.32 Å². The van der Waals surface area contributed by atoms with Crippen LogP contribution in [0.1, 0.15) is 5.56 Å². The number of hydrogen-bond donors (Lipinski definition) is 1. The molecule has 29 heavy (non-hydrogen) atoms. The number of methoxy groups -OCH3 is 1. The van der Waals surface area contributed by atoms with E-state index in [2.05, 4.69) is 11.9 Å². The standard InChI is InChI=1S/C21H17ClN2O4S/c1-3-10-28-17-9-4-13(12-18(17)27-2)11-16-19(25)23-21(29)24(20(16)26)15-7-5-14(22)6-8-15/h3-9,11-12H,1,10H2,2H3,(H,23,25,29)/b16-11-. The van der Waals surface area contributed by atoms with E-state index in [0.717, 1.165) is 0 Å². The van der Waals surface area contributed by atoms with Crippen molar-refractivity contribution in [2.75, 3.05) is 18.6 Å². The van der Waals surface area contributed by atoms with Crippen LogP contribution in [-0.4, -0.2) is 30.6 Å². The minimum absolute atomic E-state index is 0.00484. The molecule has 8 heteroatoms. The molecule has 1 fully saturated rings. The molecule has 0 spiro atoms. The molecule has 1 aliphatic heterocycles. The number of anilines is 1. The highest BCUT2D eigenvalue weighted by molar-refractivity contribution is 7.80. The summed E-state index contributed by atoms with van der Waals surface area (Å²) >= 11 is 11.1. The second kappa shape index (κ2) is 8.89. The van der Waals surface area contributed by atoms with Gasteiger partial charge in [0.05, 0.1) is 12.8 Å². The molecule has 0 unspecified atom stereocenters. The predicted octanol–water partition coefficient (Wildman–Crippen LogP) is 3.74. The van der Waals surface area contributed by atoms with Gasteiger partial charge in [-0.15, -0.1) is 0 Å². The first-order valence-electron chi connectivity index (χ1n) is 8.53. The Kier molecular flexibility index (Phi) is 6.31. The summed E-state index contributed by atoms with van der Waals surface area (Å²) < 4.78 is 10.8. The highest BCUT2D eigenvalue weighted by atomic mass is 35.5. The van der Waals surface area contributed by atoms with E-state index in [1.54, 1.807) is 48.5 Å². The lowest BCUT2D eigenvalue weighted by molar-refractivity contribution is -0.122. The molecule has 148 valence electrons. The van der Waals surface area contributed by atoms with Crippen LogP contribution in [0.3, 0.4) is 0 Å². The van der Waals surface area contributed by atoms with Gasteiger partial charge in [-0.1, -0.05) is 30.3 Å². The van der Waals surface area contributed by atoms with Crippen LogP contribution in [-0.2, 0) is 9.59 Å². The van der Waals surface area contributed by atoms with Gasteiger partial charge >= 0.3 is 0 Å². The monoisotopic (exact) mass is 428 g/mol. The second-order valence-electron chi connectivity index (χ2n) is 5.94. The lowest BCUT2D eigenvalue weighted by Gasteiger charge is -2.29. The summed E-state index contributed by atoms with van der Waals surface area (Å²) in [7, 11) is 1.51. The first kappa shape index (κ1) is 20.6. The fourth-order valence-electron chi connectivity index (χ4n) is 2.69. The van der Waals surface area contributed by atoms with Gasteiger partial charge in [-0.05, 0) is 60.3 Å². The highest BCUT2D eigenvalue weighted by Crippen LogP contribution is 2.30. The Morgan fingerprint density at radius 2 is 1.90 bits per heavy atom. The molecule has 2 aromatic rings. The number of hydrogen-bond acceptors (Lipinski definition) is 5. The number of ether oxygens (including phenoxy) is 2. The number of rotatable bonds is 6. The van der Waals surface area contributed by atoms with Crippen molar-refractivity contribution >= 4 is 52.5 Å². The Bertz CT molecular complexity index is 1020. The van der Waals surface area contributed by atoms with Crippen molar-refractivity contribution in [1.29, 1.82) is 0 Å². The van der Waals surface area contributed by atoms with Gasteiger partial charge in [-0.2, -0.15) is 0 Å². The van der Waals surface area contributed by atoms with Crippen molar-refractivity contribution in [2.24, 2.45) is 0 Å². The topological polar surface area (TPSA) is 67.9 Å². The number of thiocarbonyl (C=S) groups is 1. The normalized spacial score (nSPS) is 15.3. The molecular formula is C21H17ClN2O4S. The molecule has 3 rings (SSSR count). The lowest BCUT2D eigenvalue weighted by atomic mass is 10.1. The average molecular weight is 429 g/mol. The number of nitrogens with zero attached hydrogens (tertiary/aromatic N) is 1. The van der Waals surface area contributed by atoms with E-state index in [-0.39, 0.29) is 10.7 Å². The summed E-state index contributed by atoms with van der Waals surface area (Å²) in [6, 6.07) is 11.7. The SMILES string of the molecule is C=CCOc1ccc(/C=C2/C(=O)NC(=S)N(c3ccc(Cl)cc3)C2=O)cc1OC. The number of amides is 2. The molecule has 1 saturated heterocycles. The van der Waals surface area contributed by atoms with Crippen LogP contribution in [0.25, 0.3) is 6.08 Å². The van der Waals surface area contributed by atoms with Gasteiger partial charge in [0.2, 0.25) is 0 Å². The fraction of sp³-hybridized carbons (Fsp3) is 0.0952. The highest BCUT2D eigenvalue weighted by Gasteiger charge is 2.34. The molecule has 2 aromatic carbocycles. The maximum Gasteiger partial charge on any atom is 0.270 e. The number of benzene rings is 2. The Hall–Kier alpha value is -3.16. The second-order valence-corrected chi connectivity index (χ2v) is 6.77. The van der Waals surface area contributed by atoms with E-state index in [0.29, 0.717) is 34.4 Å². The maximum atomic E-state index is 13.0. The number of carbonyl (C=O) groups is 2. The summed E-state index contributed by atoms with van der Waals surface area (Å²) in [5.41, 5.74) is 1.03. The lowest BCUT2D eigenvalue weighted by Crippen LogP contribution is -2.54. The molecule has 0 aromatic heterocycles. The van der Waals surface area contributed by atoms with Crippen LogP contribution in [0, 0.1) is 0 Å². The van der Waals surface area contributed by atoms with Gasteiger partial charge in [-0.25, -0.2) is 0 Å². The maximum absolute atomic E-state index is 13.0. The number of nitrogens with one attached hydrogen (secondary N) is 1. The molecule has 6 nitrogen and oxygen atoms in total. The molecule has 2 amide bonds. The molecule has 0 radical (unpaired) electrons. The first-order chi connectivity index (χ1) is 13.9. The third-order valence-corrected chi connectivity index (χ3v) is 4.58. The minimum Gasteiger partial charge on any atom is -0.493 e. The van der Waals surface area contributed by atoms with E-state index >= 15 is 0 Å². The number of halogens is 1. The molecule has 1 heterocycles. The largest absolute Gasteiger partial charge is 0.493 e. The summed E-state index contributed by atoms with van der Waals surface area (Å²) in [6.45, 7) is 3.93. The van der Waals surface area contributed by atoms with Gasteiger partial charge in [0.15, 0.2) is 16.6 Å². The molecule has 0 saturated carbocycles. The Labute approximate surface area is 178 Å². The third-order valence-electron chi connectivity index (χ3n) is 4.04. The quantitative estimate of drug-likeness (QED) is 0.328. The summed E-state index contributed by atoms with van der Waals surface area (Å²) in [6.07, 6.45) is 3.09. The zero-order valence-corrected chi connectivity index (χ0v) is 17.0. The van der Waals surface area contributed by atoms with E-state index in [9.17, 15) is 9.59 Å². The van der Waals surface area contributed by atoms with E-state index in [4.69, 9.17) is 33.3 Å². The van der Waals surface area contributed by atoms with Crippen molar-refractivity contribution in [3.05, 3.63) is 71.3 Å². The van der Waals surface area contributed by atoms with Crippen molar-refractivity contribution < 1.29 is 19.1 Å². The first-order valence-corrected chi connectivity index (χ1v) is 9.32. The van der Waals surface area contributed by atoms with Gasteiger partial charge < -0.3 is 9.47 Å². The zero-order chi connectivity index (χ0) is 21.0. The van der Waals surface area contributed by atoms with Crippen LogP contribution in [0.15, 0.2) is 60.7 Å². The van der Waals surface area contributed by atoms with Gasteiger partial charge in [0.1, 0.15) is 12.2 Å². The summed E-state index contributed by atoms with van der Waals surface area (Å²) in [4.78, 5) is 26.7. The molecule has 1 N–H and O–H groups in total. The van der Waals surface area contributed by atoms with Crippen LogP contribution in [0.2, 0.25) is 5.02 Å². The average Bonchev–Trinajstić information content (AvgIpc) is 2.71. The Morgan fingerprint density at radius 3 is 2.55 bits per heavy atom. The van der Waals surface area contributed by atoms with Gasteiger partial charge in [-0.3, -0.25) is 19.8 Å². The third kappa shape index (κ3) is 4.47. The van der Waals surface area contributed by atoms with E-state index in [1.807, 2.05) is 0 Å². The minimum atomic E-state index is -0.573. The van der Waals surface area contributed by atoms with Crippen LogP contribution in [0.4, 0.5) is 5.69 Å². The Balaban J connectivity index is 1.96. The van der Waals surface area contributed by atoms with Crippen LogP contribution >= 0.6 is 23.8 Å². The fourth-order valence-corrected chi connectivity index (χ4v) is 3.10. The van der Waals surface area contributed by atoms with Crippen molar-refractivity contribution in [3.63, 3.8) is 0 Å². The zero-order valence-electron chi connectivity index (χ0n) is 15.5. The molecule has 0 aliphatic carbocycles. The molecule has 0 bridgehead atoms. The van der Waals surface area contributed by atoms with Gasteiger partial charge in [0, 0.05) is 5.02 Å². The summed E-state index contributed by atoms with van der Waals surface area (Å²) in [5.74, 6) is -0.115. The van der Waals surface area contributed by atoms with Gasteiger partial charge in [0.25, 0.3) is 11.8 Å². The molecular weight excluding hydrogens is 412 g/mol.